The van der Waals surface area contributed by atoms with Crippen LogP contribution in [0.5, 0.6) is 5.75 Å². The van der Waals surface area contributed by atoms with Crippen molar-refractivity contribution in [2.24, 2.45) is 0 Å². The number of esters is 1. The number of aryl methyl sites for hydroxylation is 1. The molecule has 190 valence electrons. The predicted octanol–water partition coefficient (Wildman–Crippen LogP) is 5.41. The third-order valence-corrected chi connectivity index (χ3v) is 6.59. The third-order valence-electron chi connectivity index (χ3n) is 5.62. The number of hydrogen-bond donors (Lipinski definition) is 1. The second kappa shape index (κ2) is 12.2. The molecule has 0 aliphatic rings. The van der Waals surface area contributed by atoms with Crippen LogP contribution in [0.1, 0.15) is 28.7 Å². The van der Waals surface area contributed by atoms with Crippen LogP contribution in [-0.4, -0.2) is 39.0 Å². The fraction of sp³-hybridized carbons (Fsp3) is 0.214. The van der Waals surface area contributed by atoms with Gasteiger partial charge in [-0.1, -0.05) is 48.2 Å². The molecule has 4 aromatic rings. The van der Waals surface area contributed by atoms with Gasteiger partial charge in [0.2, 0.25) is 5.91 Å². The van der Waals surface area contributed by atoms with Crippen LogP contribution in [0.15, 0.2) is 78.5 Å². The van der Waals surface area contributed by atoms with E-state index in [1.165, 1.54) is 11.8 Å². The molecule has 0 saturated carbocycles. The van der Waals surface area contributed by atoms with E-state index >= 15 is 0 Å². The van der Waals surface area contributed by atoms with Crippen LogP contribution in [0, 0.1) is 6.92 Å². The zero-order valence-corrected chi connectivity index (χ0v) is 21.6. The smallest absolute Gasteiger partial charge is 0.338 e. The van der Waals surface area contributed by atoms with Gasteiger partial charge >= 0.3 is 5.97 Å². The number of aromatic nitrogens is 3. The zero-order valence-electron chi connectivity index (χ0n) is 20.8. The summed E-state index contributed by atoms with van der Waals surface area (Å²) in [7, 11) is 0. The number of thioether (sulfide) groups is 1. The number of carbonyl (C=O) groups excluding carboxylic acids is 2. The molecule has 0 aliphatic carbocycles. The van der Waals surface area contributed by atoms with Gasteiger partial charge < -0.3 is 14.8 Å². The SMILES string of the molecule is C=CCn1c(COc2ccc3ccccc3c2C)nnc1SCC(=O)Nc1ccc(C(=O)OCC)cc1. The van der Waals surface area contributed by atoms with Gasteiger partial charge in [0, 0.05) is 12.2 Å². The minimum Gasteiger partial charge on any atom is -0.485 e. The first kappa shape index (κ1) is 26.0. The lowest BCUT2D eigenvalue weighted by Crippen LogP contribution is -2.15. The van der Waals surface area contributed by atoms with Crippen LogP contribution in [0.25, 0.3) is 10.8 Å². The molecule has 1 heterocycles. The Morgan fingerprint density at radius 1 is 1.08 bits per heavy atom. The maximum Gasteiger partial charge on any atom is 0.338 e. The van der Waals surface area contributed by atoms with Gasteiger partial charge in [0.05, 0.1) is 17.9 Å². The van der Waals surface area contributed by atoms with Gasteiger partial charge in [0.1, 0.15) is 12.4 Å². The molecule has 0 unspecified atom stereocenters. The maximum absolute atomic E-state index is 12.5. The first-order chi connectivity index (χ1) is 18.0. The summed E-state index contributed by atoms with van der Waals surface area (Å²) in [4.78, 5) is 24.3. The standard InChI is InChI=1S/C28H28N4O4S/c1-4-16-32-25(17-36-24-15-12-20-8-6-7-9-23(20)19(24)3)30-31-28(32)37-18-26(33)29-22-13-10-21(11-14-22)27(34)35-5-2/h4,6-15H,1,5,16-18H2,2-3H3,(H,29,33). The molecule has 0 spiro atoms. The zero-order chi connectivity index (χ0) is 26.2. The Hall–Kier alpha value is -4.11. The quantitative estimate of drug-likeness (QED) is 0.162. The highest BCUT2D eigenvalue weighted by Gasteiger charge is 2.15. The fourth-order valence-corrected chi connectivity index (χ4v) is 4.55. The summed E-state index contributed by atoms with van der Waals surface area (Å²) in [6, 6.07) is 18.7. The number of fused-ring (bicyclic) bond motifs is 1. The maximum atomic E-state index is 12.5. The van der Waals surface area contributed by atoms with Crippen molar-refractivity contribution in [3.8, 4) is 5.75 Å². The van der Waals surface area contributed by atoms with Crippen molar-refractivity contribution in [3.05, 3.63) is 90.3 Å². The lowest BCUT2D eigenvalue weighted by atomic mass is 10.0. The Morgan fingerprint density at radius 3 is 2.62 bits per heavy atom. The third kappa shape index (κ3) is 6.37. The van der Waals surface area contributed by atoms with Gasteiger partial charge in [-0.2, -0.15) is 0 Å². The first-order valence-corrected chi connectivity index (χ1v) is 12.8. The molecule has 4 rings (SSSR count). The van der Waals surface area contributed by atoms with Crippen LogP contribution in [-0.2, 0) is 22.7 Å². The molecule has 0 radical (unpaired) electrons. The molecule has 1 aromatic heterocycles. The second-order valence-electron chi connectivity index (χ2n) is 8.13. The van der Waals surface area contributed by atoms with E-state index in [2.05, 4.69) is 34.2 Å². The van der Waals surface area contributed by atoms with Gasteiger partial charge in [-0.05, 0) is 60.5 Å². The Balaban J connectivity index is 1.37. The number of rotatable bonds is 11. The van der Waals surface area contributed by atoms with E-state index in [9.17, 15) is 9.59 Å². The van der Waals surface area contributed by atoms with Crippen LogP contribution in [0.2, 0.25) is 0 Å². The lowest BCUT2D eigenvalue weighted by molar-refractivity contribution is -0.113. The van der Waals surface area contributed by atoms with Gasteiger partial charge in [-0.15, -0.1) is 16.8 Å². The van der Waals surface area contributed by atoms with E-state index in [4.69, 9.17) is 9.47 Å². The summed E-state index contributed by atoms with van der Waals surface area (Å²) in [6.45, 7) is 8.65. The molecular formula is C28H28N4O4S. The molecular weight excluding hydrogens is 488 g/mol. The molecule has 3 aromatic carbocycles. The largest absolute Gasteiger partial charge is 0.485 e. The molecule has 0 aliphatic heterocycles. The average molecular weight is 517 g/mol. The Morgan fingerprint density at radius 2 is 1.86 bits per heavy atom. The number of nitrogens with one attached hydrogen (secondary N) is 1. The lowest BCUT2D eigenvalue weighted by Gasteiger charge is -2.12. The molecule has 0 saturated heterocycles. The van der Waals surface area contributed by atoms with E-state index in [0.29, 0.717) is 35.4 Å². The molecule has 1 amide bonds. The van der Waals surface area contributed by atoms with Crippen molar-refractivity contribution in [3.63, 3.8) is 0 Å². The highest BCUT2D eigenvalue weighted by Crippen LogP contribution is 2.28. The summed E-state index contributed by atoms with van der Waals surface area (Å²) in [5.74, 6) is 0.971. The minimum atomic E-state index is -0.395. The van der Waals surface area contributed by atoms with Crippen LogP contribution < -0.4 is 10.1 Å². The first-order valence-electron chi connectivity index (χ1n) is 11.8. The van der Waals surface area contributed by atoms with Crippen molar-refractivity contribution >= 4 is 40.1 Å². The van der Waals surface area contributed by atoms with E-state index in [0.717, 1.165) is 22.1 Å². The molecule has 0 fully saturated rings. The van der Waals surface area contributed by atoms with E-state index in [-0.39, 0.29) is 18.3 Å². The number of anilines is 1. The Labute approximate surface area is 219 Å². The minimum absolute atomic E-state index is 0.138. The number of ether oxygens (including phenoxy) is 2. The van der Waals surface area contributed by atoms with Crippen molar-refractivity contribution in [1.29, 1.82) is 0 Å². The van der Waals surface area contributed by atoms with Crippen LogP contribution in [0.3, 0.4) is 0 Å². The van der Waals surface area contributed by atoms with Crippen molar-refractivity contribution in [2.75, 3.05) is 17.7 Å². The fourth-order valence-electron chi connectivity index (χ4n) is 3.78. The highest BCUT2D eigenvalue weighted by atomic mass is 32.2. The molecule has 37 heavy (non-hydrogen) atoms. The topological polar surface area (TPSA) is 95.3 Å². The summed E-state index contributed by atoms with van der Waals surface area (Å²) in [5, 5.41) is 14.3. The molecule has 0 bridgehead atoms. The number of carbonyl (C=O) groups is 2. The molecule has 9 heteroatoms. The van der Waals surface area contributed by atoms with Gasteiger partial charge in [-0.25, -0.2) is 4.79 Å². The number of allylic oxidation sites excluding steroid dienone is 1. The number of amides is 1. The van der Waals surface area contributed by atoms with Crippen LogP contribution in [0.4, 0.5) is 5.69 Å². The van der Waals surface area contributed by atoms with Gasteiger partial charge in [0.25, 0.3) is 0 Å². The highest BCUT2D eigenvalue weighted by molar-refractivity contribution is 7.99. The Bertz CT molecular complexity index is 1420. The number of nitrogens with zero attached hydrogens (tertiary/aromatic N) is 3. The van der Waals surface area contributed by atoms with E-state index in [1.54, 1.807) is 37.3 Å². The molecule has 1 N–H and O–H groups in total. The molecule has 0 atom stereocenters. The van der Waals surface area contributed by atoms with Crippen molar-refractivity contribution < 1.29 is 19.1 Å². The summed E-state index contributed by atoms with van der Waals surface area (Å²) < 4.78 is 13.0. The van der Waals surface area contributed by atoms with E-state index in [1.807, 2.05) is 35.8 Å². The van der Waals surface area contributed by atoms with E-state index < -0.39 is 5.97 Å². The summed E-state index contributed by atoms with van der Waals surface area (Å²) in [5.41, 5.74) is 2.08. The van der Waals surface area contributed by atoms with Gasteiger partial charge in [-0.3, -0.25) is 9.36 Å². The predicted molar refractivity (Wildman–Crippen MR) is 145 cm³/mol. The van der Waals surface area contributed by atoms with Crippen LogP contribution >= 0.6 is 11.8 Å². The number of hydrogen-bond acceptors (Lipinski definition) is 7. The summed E-state index contributed by atoms with van der Waals surface area (Å²) >= 11 is 1.28. The van der Waals surface area contributed by atoms with Gasteiger partial charge in [0.15, 0.2) is 11.0 Å². The Kier molecular flexibility index (Phi) is 8.58. The average Bonchev–Trinajstić information content (AvgIpc) is 3.29. The normalized spacial score (nSPS) is 10.8. The second-order valence-corrected chi connectivity index (χ2v) is 9.07. The van der Waals surface area contributed by atoms with Crippen molar-refractivity contribution in [2.45, 2.75) is 32.2 Å². The monoisotopic (exact) mass is 516 g/mol. The molecule has 8 nitrogen and oxygen atoms in total. The number of benzene rings is 3. The summed E-state index contributed by atoms with van der Waals surface area (Å²) in [6.07, 6.45) is 1.75. The van der Waals surface area contributed by atoms with Crippen molar-refractivity contribution in [1.82, 2.24) is 14.8 Å².